The van der Waals surface area contributed by atoms with Crippen LogP contribution in [0.1, 0.15) is 22.6 Å². The number of nitrogens with one attached hydrogen (secondary N) is 2. The Labute approximate surface area is 145 Å². The SMILES string of the molecule is Cc1n[nH]c(C)c1CCNC(=O)Cc1csc(-c2ccccc2)n1. The van der Waals surface area contributed by atoms with E-state index in [1.54, 1.807) is 11.3 Å². The Bertz CT molecular complexity index is 803. The zero-order valence-corrected chi connectivity index (χ0v) is 14.6. The molecule has 2 N–H and O–H groups in total. The molecule has 2 aromatic heterocycles. The lowest BCUT2D eigenvalue weighted by Crippen LogP contribution is -2.27. The van der Waals surface area contributed by atoms with Crippen LogP contribution in [0.15, 0.2) is 35.7 Å². The highest BCUT2D eigenvalue weighted by Gasteiger charge is 2.10. The van der Waals surface area contributed by atoms with Gasteiger partial charge in [0.05, 0.1) is 17.8 Å². The van der Waals surface area contributed by atoms with E-state index in [4.69, 9.17) is 0 Å². The molecule has 0 spiro atoms. The minimum absolute atomic E-state index is 0.00119. The Morgan fingerprint density at radius 3 is 2.75 bits per heavy atom. The summed E-state index contributed by atoms with van der Waals surface area (Å²) in [6.07, 6.45) is 1.10. The third-order valence-corrected chi connectivity index (χ3v) is 4.83. The molecule has 0 aliphatic heterocycles. The molecule has 0 saturated carbocycles. The van der Waals surface area contributed by atoms with Crippen molar-refractivity contribution in [3.05, 3.63) is 58.4 Å². The maximum absolute atomic E-state index is 12.1. The number of hydrogen-bond acceptors (Lipinski definition) is 4. The molecule has 5 nitrogen and oxygen atoms in total. The first kappa shape index (κ1) is 16.4. The third-order valence-electron chi connectivity index (χ3n) is 3.89. The summed E-state index contributed by atoms with van der Waals surface area (Å²) in [7, 11) is 0. The van der Waals surface area contributed by atoms with Crippen LogP contribution in [0.5, 0.6) is 0 Å². The first-order chi connectivity index (χ1) is 11.6. The number of hydrogen-bond donors (Lipinski definition) is 2. The van der Waals surface area contributed by atoms with Gasteiger partial charge < -0.3 is 5.32 Å². The van der Waals surface area contributed by atoms with Crippen molar-refractivity contribution in [2.75, 3.05) is 6.54 Å². The summed E-state index contributed by atoms with van der Waals surface area (Å²) in [5, 5.41) is 13.0. The van der Waals surface area contributed by atoms with Crippen molar-refractivity contribution >= 4 is 17.2 Å². The maximum Gasteiger partial charge on any atom is 0.226 e. The lowest BCUT2D eigenvalue weighted by molar-refractivity contribution is -0.120. The van der Waals surface area contributed by atoms with Crippen LogP contribution in [-0.4, -0.2) is 27.6 Å². The fourth-order valence-electron chi connectivity index (χ4n) is 2.60. The number of nitrogens with zero attached hydrogens (tertiary/aromatic N) is 2. The second-order valence-electron chi connectivity index (χ2n) is 5.70. The minimum Gasteiger partial charge on any atom is -0.355 e. The zero-order chi connectivity index (χ0) is 16.9. The van der Waals surface area contributed by atoms with Crippen molar-refractivity contribution < 1.29 is 4.79 Å². The number of amides is 1. The van der Waals surface area contributed by atoms with Gasteiger partial charge in [0.15, 0.2) is 0 Å². The summed E-state index contributed by atoms with van der Waals surface area (Å²) in [5.41, 5.74) is 5.13. The molecule has 6 heteroatoms. The van der Waals surface area contributed by atoms with E-state index in [0.717, 1.165) is 34.1 Å². The van der Waals surface area contributed by atoms with Gasteiger partial charge in [0.1, 0.15) is 5.01 Å². The summed E-state index contributed by atoms with van der Waals surface area (Å²) >= 11 is 1.57. The number of carbonyl (C=O) groups is 1. The second-order valence-corrected chi connectivity index (χ2v) is 6.56. The number of thiazole rings is 1. The number of aromatic amines is 1. The van der Waals surface area contributed by atoms with Crippen LogP contribution in [0.4, 0.5) is 0 Å². The van der Waals surface area contributed by atoms with E-state index in [1.165, 1.54) is 5.56 Å². The average molecular weight is 340 g/mol. The molecule has 0 saturated heterocycles. The van der Waals surface area contributed by atoms with Gasteiger partial charge in [-0.2, -0.15) is 5.10 Å². The molecular weight excluding hydrogens is 320 g/mol. The van der Waals surface area contributed by atoms with Crippen molar-refractivity contribution in [1.82, 2.24) is 20.5 Å². The Morgan fingerprint density at radius 2 is 2.04 bits per heavy atom. The van der Waals surface area contributed by atoms with Crippen LogP contribution in [0.25, 0.3) is 10.6 Å². The molecule has 0 aliphatic rings. The largest absolute Gasteiger partial charge is 0.355 e. The van der Waals surface area contributed by atoms with Gasteiger partial charge in [0, 0.05) is 23.2 Å². The molecule has 0 radical (unpaired) electrons. The first-order valence-corrected chi connectivity index (χ1v) is 8.78. The minimum atomic E-state index is -0.00119. The highest BCUT2D eigenvalue weighted by molar-refractivity contribution is 7.13. The van der Waals surface area contributed by atoms with Gasteiger partial charge in [0.25, 0.3) is 0 Å². The highest BCUT2D eigenvalue weighted by Crippen LogP contribution is 2.23. The highest BCUT2D eigenvalue weighted by atomic mass is 32.1. The number of aromatic nitrogens is 3. The molecule has 1 aromatic carbocycles. The van der Waals surface area contributed by atoms with E-state index < -0.39 is 0 Å². The summed E-state index contributed by atoms with van der Waals surface area (Å²) < 4.78 is 0. The summed E-state index contributed by atoms with van der Waals surface area (Å²) in [4.78, 5) is 16.6. The maximum atomic E-state index is 12.1. The number of H-pyrrole nitrogens is 1. The van der Waals surface area contributed by atoms with E-state index in [9.17, 15) is 4.79 Å². The fraction of sp³-hybridized carbons (Fsp3) is 0.278. The quantitative estimate of drug-likeness (QED) is 0.724. The van der Waals surface area contributed by atoms with Gasteiger partial charge in [-0.3, -0.25) is 9.89 Å². The van der Waals surface area contributed by atoms with E-state index in [1.807, 2.05) is 49.6 Å². The van der Waals surface area contributed by atoms with Crippen LogP contribution in [-0.2, 0) is 17.6 Å². The van der Waals surface area contributed by atoms with Crippen molar-refractivity contribution in [1.29, 1.82) is 0 Å². The van der Waals surface area contributed by atoms with E-state index >= 15 is 0 Å². The van der Waals surface area contributed by atoms with Gasteiger partial charge in [-0.15, -0.1) is 11.3 Å². The smallest absolute Gasteiger partial charge is 0.226 e. The number of aryl methyl sites for hydroxylation is 2. The molecule has 0 fully saturated rings. The van der Waals surface area contributed by atoms with E-state index in [-0.39, 0.29) is 5.91 Å². The normalized spacial score (nSPS) is 10.8. The molecule has 2 heterocycles. The molecular formula is C18H20N4OS. The third kappa shape index (κ3) is 3.89. The van der Waals surface area contributed by atoms with Gasteiger partial charge in [-0.25, -0.2) is 4.98 Å². The standard InChI is InChI=1S/C18H20N4OS/c1-12-16(13(2)22-21-12)8-9-19-17(23)10-15-11-24-18(20-15)14-6-4-3-5-7-14/h3-7,11H,8-10H2,1-2H3,(H,19,23)(H,21,22). The van der Waals surface area contributed by atoms with E-state index in [2.05, 4.69) is 20.5 Å². The summed E-state index contributed by atoms with van der Waals surface area (Å²) in [5.74, 6) is -0.00119. The van der Waals surface area contributed by atoms with Crippen LogP contribution in [0.2, 0.25) is 0 Å². The second kappa shape index (κ2) is 7.40. The monoisotopic (exact) mass is 340 g/mol. The lowest BCUT2D eigenvalue weighted by atomic mass is 10.1. The molecule has 0 unspecified atom stereocenters. The number of benzene rings is 1. The molecule has 0 bridgehead atoms. The number of carbonyl (C=O) groups excluding carboxylic acids is 1. The van der Waals surface area contributed by atoms with Gasteiger partial charge in [0.2, 0.25) is 5.91 Å². The Hall–Kier alpha value is -2.47. The topological polar surface area (TPSA) is 70.7 Å². The predicted molar refractivity (Wildman–Crippen MR) is 96.0 cm³/mol. The predicted octanol–water partition coefficient (Wildman–Crippen LogP) is 3.05. The molecule has 0 atom stereocenters. The van der Waals surface area contributed by atoms with Crippen LogP contribution >= 0.6 is 11.3 Å². The summed E-state index contributed by atoms with van der Waals surface area (Å²) in [6, 6.07) is 10.0. The summed E-state index contributed by atoms with van der Waals surface area (Å²) in [6.45, 7) is 4.58. The van der Waals surface area contributed by atoms with Crippen molar-refractivity contribution in [3.63, 3.8) is 0 Å². The fourth-order valence-corrected chi connectivity index (χ4v) is 3.42. The van der Waals surface area contributed by atoms with Crippen molar-refractivity contribution in [2.45, 2.75) is 26.7 Å². The molecule has 3 aromatic rings. The number of rotatable bonds is 6. The Balaban J connectivity index is 1.51. The molecule has 0 aliphatic carbocycles. The Morgan fingerprint density at radius 1 is 1.25 bits per heavy atom. The van der Waals surface area contributed by atoms with Gasteiger partial charge in [-0.05, 0) is 25.8 Å². The molecule has 124 valence electrons. The van der Waals surface area contributed by atoms with Gasteiger partial charge in [-0.1, -0.05) is 30.3 Å². The van der Waals surface area contributed by atoms with Crippen LogP contribution in [0, 0.1) is 13.8 Å². The Kier molecular flexibility index (Phi) is 5.05. The van der Waals surface area contributed by atoms with Crippen molar-refractivity contribution in [2.24, 2.45) is 0 Å². The van der Waals surface area contributed by atoms with Gasteiger partial charge >= 0.3 is 0 Å². The van der Waals surface area contributed by atoms with Crippen LogP contribution in [0.3, 0.4) is 0 Å². The van der Waals surface area contributed by atoms with Crippen LogP contribution < -0.4 is 5.32 Å². The molecule has 1 amide bonds. The molecule has 3 rings (SSSR count). The van der Waals surface area contributed by atoms with Crippen molar-refractivity contribution in [3.8, 4) is 10.6 Å². The zero-order valence-electron chi connectivity index (χ0n) is 13.8. The van der Waals surface area contributed by atoms with E-state index in [0.29, 0.717) is 13.0 Å². The lowest BCUT2D eigenvalue weighted by Gasteiger charge is -2.04. The molecule has 24 heavy (non-hydrogen) atoms. The average Bonchev–Trinajstić information content (AvgIpc) is 3.17. The first-order valence-electron chi connectivity index (χ1n) is 7.90.